The lowest BCUT2D eigenvalue weighted by Gasteiger charge is -2.48. The Kier molecular flexibility index (Phi) is 4.54. The Morgan fingerprint density at radius 3 is 2.70 bits per heavy atom. The summed E-state index contributed by atoms with van der Waals surface area (Å²) in [5.74, 6) is 2.07. The van der Waals surface area contributed by atoms with Crippen LogP contribution in [0.2, 0.25) is 0 Å². The molecule has 1 heterocycles. The molecule has 2 aliphatic rings. The van der Waals surface area contributed by atoms with Gasteiger partial charge in [-0.25, -0.2) is 4.39 Å². The average molecular weight is 322 g/mol. The average Bonchev–Trinajstić information content (AvgIpc) is 2.52. The third kappa shape index (κ3) is 3.18. The fourth-order valence-corrected chi connectivity index (χ4v) is 4.21. The second-order valence-electron chi connectivity index (χ2n) is 7.28. The van der Waals surface area contributed by atoms with Crippen molar-refractivity contribution in [2.45, 2.75) is 57.4 Å². The molecule has 1 aliphatic carbocycles. The highest BCUT2D eigenvalue weighted by molar-refractivity contribution is 5.42. The summed E-state index contributed by atoms with van der Waals surface area (Å²) < 4.78 is 32.5. The van der Waals surface area contributed by atoms with Crippen LogP contribution in [0.4, 0.5) is 4.39 Å². The molecule has 0 spiro atoms. The number of rotatable bonds is 3. The van der Waals surface area contributed by atoms with E-state index in [1.165, 1.54) is 0 Å². The van der Waals surface area contributed by atoms with E-state index in [2.05, 4.69) is 6.92 Å². The number of alkyl halides is 1. The van der Waals surface area contributed by atoms with E-state index in [1.54, 1.807) is 21.1 Å². The minimum atomic E-state index is -1.21. The van der Waals surface area contributed by atoms with Crippen LogP contribution in [0, 0.1) is 11.8 Å². The number of benzene rings is 1. The highest BCUT2D eigenvalue weighted by Gasteiger charge is 2.49. The molecule has 1 unspecified atom stereocenters. The number of halogens is 1. The van der Waals surface area contributed by atoms with Crippen LogP contribution in [-0.2, 0) is 4.74 Å². The van der Waals surface area contributed by atoms with Crippen LogP contribution in [0.15, 0.2) is 18.2 Å². The molecule has 0 bridgehead atoms. The van der Waals surface area contributed by atoms with E-state index in [1.807, 2.05) is 18.2 Å². The first-order valence-corrected chi connectivity index (χ1v) is 8.51. The summed E-state index contributed by atoms with van der Waals surface area (Å²) in [5, 5.41) is 0. The Hall–Kier alpha value is -1.29. The van der Waals surface area contributed by atoms with Crippen molar-refractivity contribution in [2.24, 2.45) is 11.8 Å². The molecule has 0 radical (unpaired) electrons. The zero-order chi connectivity index (χ0) is 16.6. The molecule has 2 fully saturated rings. The van der Waals surface area contributed by atoms with E-state index < -0.39 is 5.67 Å². The van der Waals surface area contributed by atoms with Gasteiger partial charge in [0.15, 0.2) is 0 Å². The molecule has 3 rings (SSSR count). The van der Waals surface area contributed by atoms with Gasteiger partial charge in [-0.1, -0.05) is 13.3 Å². The molecule has 0 N–H and O–H groups in total. The molecule has 1 saturated carbocycles. The molecule has 4 heteroatoms. The van der Waals surface area contributed by atoms with Crippen LogP contribution in [0.3, 0.4) is 0 Å². The van der Waals surface area contributed by atoms with Gasteiger partial charge in [0.05, 0.1) is 26.4 Å². The van der Waals surface area contributed by atoms with Crippen molar-refractivity contribution in [3.8, 4) is 11.5 Å². The van der Waals surface area contributed by atoms with E-state index >= 15 is 4.39 Å². The predicted molar refractivity (Wildman–Crippen MR) is 87.8 cm³/mol. The lowest BCUT2D eigenvalue weighted by Crippen LogP contribution is -2.49. The van der Waals surface area contributed by atoms with Crippen molar-refractivity contribution >= 4 is 0 Å². The Morgan fingerprint density at radius 2 is 2.00 bits per heavy atom. The van der Waals surface area contributed by atoms with Crippen LogP contribution in [0.1, 0.15) is 51.2 Å². The maximum Gasteiger partial charge on any atom is 0.124 e. The normalized spacial score (nSPS) is 37.1. The molecule has 1 saturated heterocycles. The van der Waals surface area contributed by atoms with Gasteiger partial charge in [0.25, 0.3) is 0 Å². The SMILES string of the molecule is COc1ccc(OC)c([C@H]2CC(C)(F)[C@@H]3CC[C@@H](C)C[C@H]3O2)c1. The molecule has 0 aromatic heterocycles. The second kappa shape index (κ2) is 6.31. The predicted octanol–water partition coefficient (Wildman–Crippen LogP) is 4.70. The monoisotopic (exact) mass is 322 g/mol. The van der Waals surface area contributed by atoms with Gasteiger partial charge in [0.1, 0.15) is 17.2 Å². The zero-order valence-corrected chi connectivity index (χ0v) is 14.5. The summed E-state index contributed by atoms with van der Waals surface area (Å²) >= 11 is 0. The third-order valence-electron chi connectivity index (χ3n) is 5.53. The van der Waals surface area contributed by atoms with Gasteiger partial charge >= 0.3 is 0 Å². The van der Waals surface area contributed by atoms with Crippen LogP contribution in [0.25, 0.3) is 0 Å². The molecule has 0 amide bonds. The Balaban J connectivity index is 1.91. The van der Waals surface area contributed by atoms with E-state index in [9.17, 15) is 0 Å². The summed E-state index contributed by atoms with van der Waals surface area (Å²) in [4.78, 5) is 0. The second-order valence-corrected chi connectivity index (χ2v) is 7.28. The number of fused-ring (bicyclic) bond motifs is 1. The third-order valence-corrected chi connectivity index (χ3v) is 5.53. The first-order chi connectivity index (χ1) is 10.9. The standard InChI is InChI=1S/C19H27FO3/c1-12-5-7-15-17(9-12)23-18(11-19(15,2)20)14-10-13(21-3)6-8-16(14)22-4/h6,8,10,12,15,17-18H,5,7,9,11H2,1-4H3/t12-,15-,17-,18-,19?/m1/s1. The van der Waals surface area contributed by atoms with E-state index in [-0.39, 0.29) is 18.1 Å². The van der Waals surface area contributed by atoms with Gasteiger partial charge in [0.2, 0.25) is 0 Å². The van der Waals surface area contributed by atoms with Crippen molar-refractivity contribution in [3.05, 3.63) is 23.8 Å². The summed E-state index contributed by atoms with van der Waals surface area (Å²) in [7, 11) is 3.26. The fourth-order valence-electron chi connectivity index (χ4n) is 4.21. The van der Waals surface area contributed by atoms with E-state index in [4.69, 9.17) is 14.2 Å². The molecule has 3 nitrogen and oxygen atoms in total. The quantitative estimate of drug-likeness (QED) is 0.807. The molecule has 1 aromatic rings. The number of ether oxygens (including phenoxy) is 3. The number of hydrogen-bond acceptors (Lipinski definition) is 3. The van der Waals surface area contributed by atoms with Gasteiger partial charge < -0.3 is 14.2 Å². The number of methoxy groups -OCH3 is 2. The maximum atomic E-state index is 15.3. The Morgan fingerprint density at radius 1 is 1.22 bits per heavy atom. The van der Waals surface area contributed by atoms with Gasteiger partial charge in [-0.15, -0.1) is 0 Å². The minimum Gasteiger partial charge on any atom is -0.497 e. The Bertz CT molecular complexity index is 558. The Labute approximate surface area is 138 Å². The van der Waals surface area contributed by atoms with Crippen LogP contribution in [-0.4, -0.2) is 26.0 Å². The summed E-state index contributed by atoms with van der Waals surface area (Å²) in [6.07, 6.45) is 3.02. The molecular weight excluding hydrogens is 295 g/mol. The van der Waals surface area contributed by atoms with Crippen molar-refractivity contribution in [2.75, 3.05) is 14.2 Å². The molecule has 128 valence electrons. The molecule has 5 atom stereocenters. The zero-order valence-electron chi connectivity index (χ0n) is 14.5. The van der Waals surface area contributed by atoms with Crippen molar-refractivity contribution in [1.29, 1.82) is 0 Å². The van der Waals surface area contributed by atoms with Crippen molar-refractivity contribution in [3.63, 3.8) is 0 Å². The van der Waals surface area contributed by atoms with Crippen LogP contribution >= 0.6 is 0 Å². The smallest absolute Gasteiger partial charge is 0.124 e. The molecular formula is C19H27FO3. The van der Waals surface area contributed by atoms with Crippen molar-refractivity contribution in [1.82, 2.24) is 0 Å². The van der Waals surface area contributed by atoms with Crippen LogP contribution < -0.4 is 9.47 Å². The van der Waals surface area contributed by atoms with Gasteiger partial charge in [-0.05, 0) is 43.9 Å². The summed E-state index contributed by atoms with van der Waals surface area (Å²) in [5.41, 5.74) is -0.325. The molecule has 23 heavy (non-hydrogen) atoms. The lowest BCUT2D eigenvalue weighted by molar-refractivity contribution is -0.172. The largest absolute Gasteiger partial charge is 0.497 e. The summed E-state index contributed by atoms with van der Waals surface area (Å²) in [6.45, 7) is 3.97. The highest BCUT2D eigenvalue weighted by atomic mass is 19.1. The maximum absolute atomic E-state index is 15.3. The van der Waals surface area contributed by atoms with Gasteiger partial charge in [0, 0.05) is 17.9 Å². The first-order valence-electron chi connectivity index (χ1n) is 8.51. The number of hydrogen-bond donors (Lipinski definition) is 0. The summed E-state index contributed by atoms with van der Waals surface area (Å²) in [6, 6.07) is 5.63. The first kappa shape index (κ1) is 16.6. The van der Waals surface area contributed by atoms with E-state index in [0.29, 0.717) is 12.3 Å². The topological polar surface area (TPSA) is 27.7 Å². The highest BCUT2D eigenvalue weighted by Crippen LogP contribution is 2.51. The fraction of sp³-hybridized carbons (Fsp3) is 0.684. The van der Waals surface area contributed by atoms with E-state index in [0.717, 1.165) is 36.3 Å². The van der Waals surface area contributed by atoms with Gasteiger partial charge in [-0.2, -0.15) is 0 Å². The molecule has 1 aromatic carbocycles. The molecule has 1 aliphatic heterocycles. The van der Waals surface area contributed by atoms with Crippen LogP contribution in [0.5, 0.6) is 11.5 Å². The minimum absolute atomic E-state index is 0.00607. The lowest BCUT2D eigenvalue weighted by atomic mass is 9.69. The van der Waals surface area contributed by atoms with Crippen molar-refractivity contribution < 1.29 is 18.6 Å². The van der Waals surface area contributed by atoms with Gasteiger partial charge in [-0.3, -0.25) is 0 Å².